The molecule has 1 amide bonds. The fraction of sp³-hybridized carbons (Fsp3) is 0.188. The smallest absolute Gasteiger partial charge is 0.257 e. The summed E-state index contributed by atoms with van der Waals surface area (Å²) in [6.07, 6.45) is 0.605. The van der Waals surface area contributed by atoms with E-state index in [0.29, 0.717) is 23.4 Å². The highest BCUT2D eigenvalue weighted by molar-refractivity contribution is 6.08. The number of nitrogen functional groups attached to an aromatic ring is 1. The standard InChI is InChI=1S/C16H19N3O2/c1-11-2-7-14(15(10-11)19-17)16(21)18-13-5-3-12(4-6-13)8-9-20/h2-7,10,19-20H,8-9,17H2,1H3,(H,18,21). The number of rotatable bonds is 5. The Hall–Kier alpha value is -2.37. The van der Waals surface area contributed by atoms with E-state index in [1.807, 2.05) is 43.3 Å². The van der Waals surface area contributed by atoms with Gasteiger partial charge in [0.15, 0.2) is 0 Å². The molecular weight excluding hydrogens is 266 g/mol. The van der Waals surface area contributed by atoms with Crippen LogP contribution < -0.4 is 16.6 Å². The van der Waals surface area contributed by atoms with Crippen LogP contribution in [0.4, 0.5) is 11.4 Å². The number of benzene rings is 2. The Morgan fingerprint density at radius 1 is 1.19 bits per heavy atom. The van der Waals surface area contributed by atoms with Gasteiger partial charge in [0.25, 0.3) is 5.91 Å². The number of aliphatic hydroxyl groups excluding tert-OH is 1. The Morgan fingerprint density at radius 3 is 2.52 bits per heavy atom. The van der Waals surface area contributed by atoms with Gasteiger partial charge in [-0.1, -0.05) is 18.2 Å². The number of anilines is 2. The molecule has 21 heavy (non-hydrogen) atoms. The first-order valence-corrected chi connectivity index (χ1v) is 6.72. The molecule has 2 aromatic rings. The molecule has 0 atom stereocenters. The van der Waals surface area contributed by atoms with E-state index in [2.05, 4.69) is 10.7 Å². The molecule has 2 aromatic carbocycles. The van der Waals surface area contributed by atoms with E-state index in [4.69, 9.17) is 10.9 Å². The van der Waals surface area contributed by atoms with Crippen molar-refractivity contribution in [3.8, 4) is 0 Å². The van der Waals surface area contributed by atoms with E-state index in [9.17, 15) is 4.79 Å². The maximum absolute atomic E-state index is 12.3. The summed E-state index contributed by atoms with van der Waals surface area (Å²) < 4.78 is 0. The van der Waals surface area contributed by atoms with Crippen molar-refractivity contribution in [3.05, 3.63) is 59.2 Å². The fourth-order valence-corrected chi connectivity index (χ4v) is 2.06. The molecule has 0 spiro atoms. The zero-order valence-electron chi connectivity index (χ0n) is 11.9. The van der Waals surface area contributed by atoms with Gasteiger partial charge in [-0.25, -0.2) is 0 Å². The second kappa shape index (κ2) is 6.88. The van der Waals surface area contributed by atoms with Gasteiger partial charge in [0.05, 0.1) is 11.3 Å². The molecule has 5 N–H and O–H groups in total. The third-order valence-corrected chi connectivity index (χ3v) is 3.19. The Balaban J connectivity index is 2.14. The lowest BCUT2D eigenvalue weighted by Gasteiger charge is -2.11. The third-order valence-electron chi connectivity index (χ3n) is 3.19. The van der Waals surface area contributed by atoms with Gasteiger partial charge in [0.1, 0.15) is 0 Å². The van der Waals surface area contributed by atoms with Gasteiger partial charge in [-0.3, -0.25) is 10.6 Å². The monoisotopic (exact) mass is 285 g/mol. The molecule has 0 unspecified atom stereocenters. The highest BCUT2D eigenvalue weighted by atomic mass is 16.2. The zero-order chi connectivity index (χ0) is 15.2. The van der Waals surface area contributed by atoms with Crippen molar-refractivity contribution < 1.29 is 9.90 Å². The van der Waals surface area contributed by atoms with Gasteiger partial charge in [-0.2, -0.15) is 0 Å². The second-order valence-electron chi connectivity index (χ2n) is 4.82. The Bertz CT molecular complexity index is 624. The molecule has 0 saturated carbocycles. The molecule has 2 rings (SSSR count). The number of amides is 1. The summed E-state index contributed by atoms with van der Waals surface area (Å²) in [4.78, 5) is 12.3. The molecule has 0 bridgehead atoms. The molecule has 0 aliphatic rings. The quantitative estimate of drug-likeness (QED) is 0.500. The third kappa shape index (κ3) is 3.81. The molecule has 0 aromatic heterocycles. The van der Waals surface area contributed by atoms with E-state index in [-0.39, 0.29) is 12.5 Å². The highest BCUT2D eigenvalue weighted by Gasteiger charge is 2.11. The molecule has 0 fully saturated rings. The predicted octanol–water partition coefficient (Wildman–Crippen LogP) is 2.07. The van der Waals surface area contributed by atoms with Crippen molar-refractivity contribution >= 4 is 17.3 Å². The minimum atomic E-state index is -0.224. The number of aryl methyl sites for hydroxylation is 1. The molecule has 0 saturated heterocycles. The van der Waals surface area contributed by atoms with Gasteiger partial charge in [0, 0.05) is 12.3 Å². The number of hydrazine groups is 1. The van der Waals surface area contributed by atoms with Crippen LogP contribution in [0, 0.1) is 6.92 Å². The molecule has 0 aliphatic carbocycles. The summed E-state index contributed by atoms with van der Waals surface area (Å²) in [6, 6.07) is 12.8. The fourth-order valence-electron chi connectivity index (χ4n) is 2.06. The van der Waals surface area contributed by atoms with Gasteiger partial charge >= 0.3 is 0 Å². The first kappa shape index (κ1) is 15.0. The molecule has 5 heteroatoms. The average Bonchev–Trinajstić information content (AvgIpc) is 2.49. The van der Waals surface area contributed by atoms with Crippen LogP contribution in [-0.2, 0) is 6.42 Å². The van der Waals surface area contributed by atoms with Crippen LogP contribution in [0.2, 0.25) is 0 Å². The topological polar surface area (TPSA) is 87.4 Å². The summed E-state index contributed by atoms with van der Waals surface area (Å²) in [5, 5.41) is 11.7. The van der Waals surface area contributed by atoms with Crippen LogP contribution in [-0.4, -0.2) is 17.6 Å². The number of aliphatic hydroxyl groups is 1. The van der Waals surface area contributed by atoms with E-state index in [0.717, 1.165) is 11.1 Å². The summed E-state index contributed by atoms with van der Waals surface area (Å²) in [6.45, 7) is 2.04. The Kier molecular flexibility index (Phi) is 4.92. The summed E-state index contributed by atoms with van der Waals surface area (Å²) in [5.41, 5.74) is 6.36. The zero-order valence-corrected chi connectivity index (χ0v) is 11.9. The molecule has 5 nitrogen and oxygen atoms in total. The lowest BCUT2D eigenvalue weighted by Crippen LogP contribution is -2.17. The van der Waals surface area contributed by atoms with Crippen LogP contribution in [0.3, 0.4) is 0 Å². The number of hydrogen-bond acceptors (Lipinski definition) is 4. The minimum Gasteiger partial charge on any atom is -0.396 e. The molecule has 0 aliphatic heterocycles. The van der Waals surface area contributed by atoms with Crippen molar-refractivity contribution in [2.24, 2.45) is 5.84 Å². The number of hydrogen-bond donors (Lipinski definition) is 4. The first-order chi connectivity index (χ1) is 10.1. The number of nitrogens with one attached hydrogen (secondary N) is 2. The number of carbonyl (C=O) groups excluding carboxylic acids is 1. The van der Waals surface area contributed by atoms with E-state index >= 15 is 0 Å². The van der Waals surface area contributed by atoms with Gasteiger partial charge in [0.2, 0.25) is 0 Å². The van der Waals surface area contributed by atoms with E-state index in [1.165, 1.54) is 0 Å². The van der Waals surface area contributed by atoms with Gasteiger partial charge in [-0.05, 0) is 48.7 Å². The maximum atomic E-state index is 12.3. The second-order valence-corrected chi connectivity index (χ2v) is 4.82. The summed E-state index contributed by atoms with van der Waals surface area (Å²) in [5.74, 6) is 5.23. The average molecular weight is 285 g/mol. The summed E-state index contributed by atoms with van der Waals surface area (Å²) in [7, 11) is 0. The highest BCUT2D eigenvalue weighted by Crippen LogP contribution is 2.19. The molecular formula is C16H19N3O2. The van der Waals surface area contributed by atoms with Crippen LogP contribution in [0.5, 0.6) is 0 Å². The van der Waals surface area contributed by atoms with Gasteiger partial charge < -0.3 is 15.8 Å². The minimum absolute atomic E-state index is 0.112. The van der Waals surface area contributed by atoms with E-state index in [1.54, 1.807) is 6.07 Å². The van der Waals surface area contributed by atoms with Crippen molar-refractivity contribution in [1.29, 1.82) is 0 Å². The van der Waals surface area contributed by atoms with Crippen molar-refractivity contribution in [2.75, 3.05) is 17.3 Å². The Labute approximate surface area is 123 Å². The van der Waals surface area contributed by atoms with Crippen molar-refractivity contribution in [2.45, 2.75) is 13.3 Å². The number of carbonyl (C=O) groups is 1. The van der Waals surface area contributed by atoms with Crippen LogP contribution in [0.15, 0.2) is 42.5 Å². The molecule has 110 valence electrons. The van der Waals surface area contributed by atoms with Crippen LogP contribution in [0.1, 0.15) is 21.5 Å². The van der Waals surface area contributed by atoms with Gasteiger partial charge in [-0.15, -0.1) is 0 Å². The Morgan fingerprint density at radius 2 is 1.90 bits per heavy atom. The summed E-state index contributed by atoms with van der Waals surface area (Å²) >= 11 is 0. The SMILES string of the molecule is Cc1ccc(C(=O)Nc2ccc(CCO)cc2)c(NN)c1. The first-order valence-electron chi connectivity index (χ1n) is 6.72. The van der Waals surface area contributed by atoms with Crippen molar-refractivity contribution in [1.82, 2.24) is 0 Å². The van der Waals surface area contributed by atoms with Crippen molar-refractivity contribution in [3.63, 3.8) is 0 Å². The largest absolute Gasteiger partial charge is 0.396 e. The predicted molar refractivity (Wildman–Crippen MR) is 84.2 cm³/mol. The normalized spacial score (nSPS) is 10.2. The van der Waals surface area contributed by atoms with E-state index < -0.39 is 0 Å². The lowest BCUT2D eigenvalue weighted by atomic mass is 10.1. The molecule has 0 heterocycles. The van der Waals surface area contributed by atoms with Crippen LogP contribution in [0.25, 0.3) is 0 Å². The maximum Gasteiger partial charge on any atom is 0.257 e. The molecule has 0 radical (unpaired) electrons. The number of nitrogens with two attached hydrogens (primary N) is 1. The lowest BCUT2D eigenvalue weighted by molar-refractivity contribution is 0.102. The van der Waals surface area contributed by atoms with Crippen LogP contribution >= 0.6 is 0 Å².